The lowest BCUT2D eigenvalue weighted by Crippen LogP contribution is -2.48. The standard InChI is InChI=1S/C18H23N3OS/c22-18(20-14-15-5-3-10-19-13-15)21-11-2-1-6-16(21)8-9-17-7-4-12-23-17/h3-5,7,10,12-13,16H,1-2,6,8-9,11,14H2,(H,20,22)/t16-/m0/s1. The lowest BCUT2D eigenvalue weighted by molar-refractivity contribution is 0.146. The predicted octanol–water partition coefficient (Wildman–Crippen LogP) is 3.84. The monoisotopic (exact) mass is 329 g/mol. The van der Waals surface area contributed by atoms with Crippen molar-refractivity contribution in [1.29, 1.82) is 0 Å². The molecule has 122 valence electrons. The van der Waals surface area contributed by atoms with E-state index in [0.29, 0.717) is 12.6 Å². The van der Waals surface area contributed by atoms with E-state index >= 15 is 0 Å². The van der Waals surface area contributed by atoms with Gasteiger partial charge in [-0.1, -0.05) is 12.1 Å². The van der Waals surface area contributed by atoms with Gasteiger partial charge in [0, 0.05) is 36.4 Å². The quantitative estimate of drug-likeness (QED) is 0.906. The number of thiophene rings is 1. The van der Waals surface area contributed by atoms with E-state index in [1.807, 2.05) is 17.0 Å². The molecule has 1 saturated heterocycles. The van der Waals surface area contributed by atoms with Crippen molar-refractivity contribution in [2.24, 2.45) is 0 Å². The minimum Gasteiger partial charge on any atom is -0.334 e. The van der Waals surface area contributed by atoms with Gasteiger partial charge in [0.25, 0.3) is 0 Å². The molecule has 5 heteroatoms. The third-order valence-electron chi connectivity index (χ3n) is 4.36. The van der Waals surface area contributed by atoms with E-state index in [0.717, 1.165) is 37.8 Å². The summed E-state index contributed by atoms with van der Waals surface area (Å²) >= 11 is 1.80. The molecule has 1 fully saturated rings. The number of aromatic nitrogens is 1. The average Bonchev–Trinajstić information content (AvgIpc) is 3.12. The number of carbonyl (C=O) groups excluding carboxylic acids is 1. The summed E-state index contributed by atoms with van der Waals surface area (Å²) in [6, 6.07) is 8.58. The summed E-state index contributed by atoms with van der Waals surface area (Å²) in [5, 5.41) is 5.16. The molecule has 3 heterocycles. The van der Waals surface area contributed by atoms with Crippen LogP contribution in [0.1, 0.15) is 36.1 Å². The molecule has 1 aliphatic rings. The highest BCUT2D eigenvalue weighted by molar-refractivity contribution is 7.09. The number of piperidine rings is 1. The van der Waals surface area contributed by atoms with Crippen molar-refractivity contribution < 1.29 is 4.79 Å². The Labute approximate surface area is 141 Å². The minimum absolute atomic E-state index is 0.0599. The smallest absolute Gasteiger partial charge is 0.317 e. The molecule has 0 spiro atoms. The van der Waals surface area contributed by atoms with E-state index in [1.54, 1.807) is 23.7 Å². The lowest BCUT2D eigenvalue weighted by Gasteiger charge is -2.35. The summed E-state index contributed by atoms with van der Waals surface area (Å²) in [6.45, 7) is 1.41. The second kappa shape index (κ2) is 8.11. The van der Waals surface area contributed by atoms with E-state index in [9.17, 15) is 4.79 Å². The highest BCUT2D eigenvalue weighted by atomic mass is 32.1. The Morgan fingerprint density at radius 1 is 1.35 bits per heavy atom. The van der Waals surface area contributed by atoms with Gasteiger partial charge in [0.15, 0.2) is 0 Å². The van der Waals surface area contributed by atoms with Crippen LogP contribution in [0.25, 0.3) is 0 Å². The van der Waals surface area contributed by atoms with Crippen LogP contribution in [-0.4, -0.2) is 28.5 Å². The van der Waals surface area contributed by atoms with Gasteiger partial charge in [-0.05, 0) is 55.2 Å². The molecule has 2 aromatic heterocycles. The number of hydrogen-bond acceptors (Lipinski definition) is 3. The number of hydrogen-bond donors (Lipinski definition) is 1. The highest BCUT2D eigenvalue weighted by Crippen LogP contribution is 2.22. The Hall–Kier alpha value is -1.88. The Balaban J connectivity index is 1.53. The molecule has 2 amide bonds. The molecule has 0 unspecified atom stereocenters. The molecule has 23 heavy (non-hydrogen) atoms. The van der Waals surface area contributed by atoms with E-state index in [4.69, 9.17) is 0 Å². The number of nitrogens with zero attached hydrogens (tertiary/aromatic N) is 2. The van der Waals surface area contributed by atoms with Crippen LogP contribution in [0.15, 0.2) is 42.0 Å². The fourth-order valence-corrected chi connectivity index (χ4v) is 3.84. The van der Waals surface area contributed by atoms with Gasteiger partial charge in [0.2, 0.25) is 0 Å². The Kier molecular flexibility index (Phi) is 5.64. The second-order valence-corrected chi connectivity index (χ2v) is 7.01. The average molecular weight is 329 g/mol. The summed E-state index contributed by atoms with van der Waals surface area (Å²) in [6.07, 6.45) is 9.11. The second-order valence-electron chi connectivity index (χ2n) is 5.98. The van der Waals surface area contributed by atoms with Crippen LogP contribution in [0.5, 0.6) is 0 Å². The predicted molar refractivity (Wildman–Crippen MR) is 93.5 cm³/mol. The molecule has 0 aromatic carbocycles. The third kappa shape index (κ3) is 4.55. The number of amides is 2. The van der Waals surface area contributed by atoms with Gasteiger partial charge < -0.3 is 10.2 Å². The molecular formula is C18H23N3OS. The zero-order chi connectivity index (χ0) is 15.9. The number of urea groups is 1. The number of aryl methyl sites for hydroxylation is 1. The number of pyridine rings is 1. The summed E-state index contributed by atoms with van der Waals surface area (Å²) < 4.78 is 0. The zero-order valence-corrected chi connectivity index (χ0v) is 14.1. The SMILES string of the molecule is O=C(NCc1cccnc1)N1CCCC[C@H]1CCc1cccs1. The normalized spacial score (nSPS) is 17.9. The largest absolute Gasteiger partial charge is 0.334 e. The number of likely N-dealkylation sites (tertiary alicyclic amines) is 1. The van der Waals surface area contributed by atoms with Gasteiger partial charge in [-0.3, -0.25) is 4.98 Å². The first-order valence-corrected chi connectivity index (χ1v) is 9.16. The third-order valence-corrected chi connectivity index (χ3v) is 5.29. The Morgan fingerprint density at radius 2 is 2.30 bits per heavy atom. The lowest BCUT2D eigenvalue weighted by atomic mass is 9.98. The van der Waals surface area contributed by atoms with Gasteiger partial charge in [0.1, 0.15) is 0 Å². The minimum atomic E-state index is 0.0599. The summed E-state index contributed by atoms with van der Waals surface area (Å²) in [4.78, 5) is 20.1. The molecule has 0 saturated carbocycles. The van der Waals surface area contributed by atoms with Crippen molar-refractivity contribution in [2.45, 2.75) is 44.7 Å². The van der Waals surface area contributed by atoms with Gasteiger partial charge in [-0.15, -0.1) is 11.3 Å². The van der Waals surface area contributed by atoms with Gasteiger partial charge in [0.05, 0.1) is 0 Å². The van der Waals surface area contributed by atoms with Crippen LogP contribution < -0.4 is 5.32 Å². The number of carbonyl (C=O) groups is 1. The fourth-order valence-electron chi connectivity index (χ4n) is 3.11. The first kappa shape index (κ1) is 16.0. The first-order chi connectivity index (χ1) is 11.3. The van der Waals surface area contributed by atoms with Crippen LogP contribution in [0, 0.1) is 0 Å². The van der Waals surface area contributed by atoms with Crippen molar-refractivity contribution in [3.8, 4) is 0 Å². The van der Waals surface area contributed by atoms with Gasteiger partial charge >= 0.3 is 6.03 Å². The molecule has 0 aliphatic carbocycles. The van der Waals surface area contributed by atoms with Gasteiger partial charge in [-0.25, -0.2) is 4.79 Å². The molecule has 0 radical (unpaired) electrons. The fraction of sp³-hybridized carbons (Fsp3) is 0.444. The summed E-state index contributed by atoms with van der Waals surface area (Å²) in [5.74, 6) is 0. The van der Waals surface area contributed by atoms with E-state index in [1.165, 1.54) is 11.3 Å². The van der Waals surface area contributed by atoms with Crippen LogP contribution >= 0.6 is 11.3 Å². The summed E-state index contributed by atoms with van der Waals surface area (Å²) in [7, 11) is 0. The van der Waals surface area contributed by atoms with Crippen LogP contribution in [0.3, 0.4) is 0 Å². The molecule has 1 aliphatic heterocycles. The Morgan fingerprint density at radius 3 is 3.09 bits per heavy atom. The highest BCUT2D eigenvalue weighted by Gasteiger charge is 2.26. The van der Waals surface area contributed by atoms with Crippen molar-refractivity contribution in [3.63, 3.8) is 0 Å². The maximum Gasteiger partial charge on any atom is 0.317 e. The van der Waals surface area contributed by atoms with Crippen molar-refractivity contribution in [1.82, 2.24) is 15.2 Å². The van der Waals surface area contributed by atoms with Crippen molar-refractivity contribution >= 4 is 17.4 Å². The van der Waals surface area contributed by atoms with E-state index in [-0.39, 0.29) is 6.03 Å². The van der Waals surface area contributed by atoms with Gasteiger partial charge in [-0.2, -0.15) is 0 Å². The maximum absolute atomic E-state index is 12.5. The van der Waals surface area contributed by atoms with E-state index in [2.05, 4.69) is 27.8 Å². The molecule has 0 bridgehead atoms. The number of nitrogens with one attached hydrogen (secondary N) is 1. The maximum atomic E-state index is 12.5. The van der Waals surface area contributed by atoms with E-state index < -0.39 is 0 Å². The van der Waals surface area contributed by atoms with Crippen LogP contribution in [0.4, 0.5) is 4.79 Å². The summed E-state index contributed by atoms with van der Waals surface area (Å²) in [5.41, 5.74) is 1.04. The molecule has 1 atom stereocenters. The topological polar surface area (TPSA) is 45.2 Å². The Bertz CT molecular complexity index is 600. The molecule has 2 aromatic rings. The number of rotatable bonds is 5. The first-order valence-electron chi connectivity index (χ1n) is 8.28. The van der Waals surface area contributed by atoms with Crippen LogP contribution in [-0.2, 0) is 13.0 Å². The van der Waals surface area contributed by atoms with Crippen molar-refractivity contribution in [2.75, 3.05) is 6.54 Å². The van der Waals surface area contributed by atoms with Crippen molar-refractivity contribution in [3.05, 3.63) is 52.5 Å². The molecule has 4 nitrogen and oxygen atoms in total. The molecule has 3 rings (SSSR count). The van der Waals surface area contributed by atoms with Crippen LogP contribution in [0.2, 0.25) is 0 Å². The zero-order valence-electron chi connectivity index (χ0n) is 13.3. The molecular weight excluding hydrogens is 306 g/mol. The molecule has 1 N–H and O–H groups in total.